The average Bonchev–Trinajstić information content (AvgIpc) is 3.20. The molecule has 10 heteroatoms. The van der Waals surface area contributed by atoms with Gasteiger partial charge in [0.15, 0.2) is 11.5 Å². The lowest BCUT2D eigenvalue weighted by Gasteiger charge is -2.22. The van der Waals surface area contributed by atoms with Gasteiger partial charge in [0.05, 0.1) is 38.5 Å². The first-order valence-electron chi connectivity index (χ1n) is 13.2. The fraction of sp³-hybridized carbons (Fsp3) is 0.290. The van der Waals surface area contributed by atoms with E-state index >= 15 is 0 Å². The number of nitrogens with one attached hydrogen (secondary N) is 1. The number of esters is 1. The van der Waals surface area contributed by atoms with Crippen molar-refractivity contribution in [1.29, 1.82) is 0 Å². The van der Waals surface area contributed by atoms with E-state index < -0.39 is 29.9 Å². The van der Waals surface area contributed by atoms with Gasteiger partial charge < -0.3 is 24.4 Å². The number of carbonyl (C=O) groups is 4. The van der Waals surface area contributed by atoms with Crippen LogP contribution in [-0.2, 0) is 20.7 Å². The molecular formula is C31H33N3O7. The number of hydrogen-bond acceptors (Lipinski definition) is 7. The lowest BCUT2D eigenvalue weighted by molar-refractivity contribution is -0.124. The number of rotatable bonds is 11. The van der Waals surface area contributed by atoms with Gasteiger partial charge >= 0.3 is 12.0 Å². The van der Waals surface area contributed by atoms with Crippen LogP contribution in [0.3, 0.4) is 0 Å². The van der Waals surface area contributed by atoms with Crippen molar-refractivity contribution in [3.63, 3.8) is 0 Å². The Hall–Kier alpha value is -4.86. The minimum atomic E-state index is -0.997. The first-order chi connectivity index (χ1) is 19.7. The molecule has 41 heavy (non-hydrogen) atoms. The molecule has 1 aliphatic heterocycles. The number of carbonyl (C=O) groups excluding carboxylic acids is 4. The van der Waals surface area contributed by atoms with Gasteiger partial charge in [0.2, 0.25) is 5.91 Å². The minimum Gasteiger partial charge on any atom is -0.493 e. The maximum atomic E-state index is 13.6. The second-order valence-corrected chi connectivity index (χ2v) is 9.49. The fourth-order valence-corrected chi connectivity index (χ4v) is 4.60. The molecule has 3 aromatic carbocycles. The number of imide groups is 1. The summed E-state index contributed by atoms with van der Waals surface area (Å²) in [6, 6.07) is 17.3. The van der Waals surface area contributed by atoms with Gasteiger partial charge in [-0.15, -0.1) is 0 Å². The normalized spacial score (nSPS) is 14.7. The van der Waals surface area contributed by atoms with E-state index in [-0.39, 0.29) is 19.6 Å². The van der Waals surface area contributed by atoms with Gasteiger partial charge in [0, 0.05) is 12.2 Å². The van der Waals surface area contributed by atoms with Crippen molar-refractivity contribution in [2.45, 2.75) is 32.7 Å². The largest absolute Gasteiger partial charge is 0.493 e. The third-order valence-electron chi connectivity index (χ3n) is 6.76. The minimum absolute atomic E-state index is 0.203. The standard InChI is InChI=1S/C31H33N3O7/c1-5-41-30(37)22-9-11-23(12-10-22)32-28(35)19-25-29(36)34(24-13-6-20(2)7-14-24)31(38)33(25)17-16-21-8-15-26(39-3)27(18-21)40-4/h6-15,18,25H,5,16-17,19H2,1-4H3,(H,32,35). The molecular weight excluding hydrogens is 526 g/mol. The van der Waals surface area contributed by atoms with E-state index in [2.05, 4.69) is 5.32 Å². The third-order valence-corrected chi connectivity index (χ3v) is 6.76. The van der Waals surface area contributed by atoms with Crippen LogP contribution in [0.15, 0.2) is 66.7 Å². The first kappa shape index (κ1) is 29.1. The first-order valence-corrected chi connectivity index (χ1v) is 13.2. The van der Waals surface area contributed by atoms with E-state index in [0.717, 1.165) is 16.0 Å². The number of aryl methyl sites for hydroxylation is 1. The van der Waals surface area contributed by atoms with Gasteiger partial charge in [-0.25, -0.2) is 14.5 Å². The molecule has 0 aliphatic carbocycles. The molecule has 1 saturated heterocycles. The van der Waals surface area contributed by atoms with Crippen LogP contribution in [0.4, 0.5) is 16.2 Å². The summed E-state index contributed by atoms with van der Waals surface area (Å²) >= 11 is 0. The number of methoxy groups -OCH3 is 2. The predicted molar refractivity (Wildman–Crippen MR) is 153 cm³/mol. The molecule has 4 amide bonds. The highest BCUT2D eigenvalue weighted by Gasteiger charge is 2.46. The molecule has 0 spiro atoms. The highest BCUT2D eigenvalue weighted by Crippen LogP contribution is 2.30. The lowest BCUT2D eigenvalue weighted by atomic mass is 10.1. The van der Waals surface area contributed by atoms with Crippen LogP contribution in [0.2, 0.25) is 0 Å². The molecule has 1 atom stereocenters. The molecule has 0 saturated carbocycles. The summed E-state index contributed by atoms with van der Waals surface area (Å²) in [6.45, 7) is 4.10. The van der Waals surface area contributed by atoms with Crippen molar-refractivity contribution >= 4 is 35.2 Å². The number of urea groups is 1. The van der Waals surface area contributed by atoms with Crippen LogP contribution in [0.25, 0.3) is 0 Å². The highest BCUT2D eigenvalue weighted by atomic mass is 16.5. The quantitative estimate of drug-likeness (QED) is 0.270. The van der Waals surface area contributed by atoms with Crippen molar-refractivity contribution in [2.75, 3.05) is 37.6 Å². The number of amides is 4. The van der Waals surface area contributed by atoms with E-state index in [1.165, 1.54) is 4.90 Å². The maximum Gasteiger partial charge on any atom is 0.338 e. The second-order valence-electron chi connectivity index (χ2n) is 9.49. The lowest BCUT2D eigenvalue weighted by Crippen LogP contribution is -2.39. The maximum absolute atomic E-state index is 13.6. The van der Waals surface area contributed by atoms with Gasteiger partial charge in [-0.2, -0.15) is 0 Å². The Labute approximate surface area is 238 Å². The van der Waals surface area contributed by atoms with E-state index in [1.807, 2.05) is 31.2 Å². The number of hydrogen-bond donors (Lipinski definition) is 1. The SMILES string of the molecule is CCOC(=O)c1ccc(NC(=O)CC2C(=O)N(c3ccc(C)cc3)C(=O)N2CCc2ccc(OC)c(OC)c2)cc1. The second kappa shape index (κ2) is 13.0. The van der Waals surface area contributed by atoms with Crippen molar-refractivity contribution in [3.8, 4) is 11.5 Å². The zero-order chi connectivity index (χ0) is 29.5. The predicted octanol–water partition coefficient (Wildman–Crippen LogP) is 4.60. The molecule has 0 radical (unpaired) electrons. The zero-order valence-electron chi connectivity index (χ0n) is 23.5. The third kappa shape index (κ3) is 6.66. The van der Waals surface area contributed by atoms with Crippen molar-refractivity contribution < 1.29 is 33.4 Å². The molecule has 1 fully saturated rings. The van der Waals surface area contributed by atoms with Crippen LogP contribution < -0.4 is 19.7 Å². The summed E-state index contributed by atoms with van der Waals surface area (Å²) in [6.07, 6.45) is 0.188. The van der Waals surface area contributed by atoms with E-state index in [9.17, 15) is 19.2 Å². The number of nitrogens with zero attached hydrogens (tertiary/aromatic N) is 2. The Morgan fingerprint density at radius 1 is 0.902 bits per heavy atom. The summed E-state index contributed by atoms with van der Waals surface area (Å²) in [5.41, 5.74) is 3.12. The molecule has 0 bridgehead atoms. The number of ether oxygens (including phenoxy) is 3. The van der Waals surface area contributed by atoms with Gasteiger partial charge in [-0.1, -0.05) is 23.8 Å². The van der Waals surface area contributed by atoms with Gasteiger partial charge in [-0.05, 0) is 74.4 Å². The monoisotopic (exact) mass is 559 g/mol. The fourth-order valence-electron chi connectivity index (χ4n) is 4.60. The summed E-state index contributed by atoms with van der Waals surface area (Å²) in [5, 5.41) is 2.76. The van der Waals surface area contributed by atoms with Gasteiger partial charge in [0.25, 0.3) is 5.91 Å². The van der Waals surface area contributed by atoms with Crippen LogP contribution in [0.1, 0.15) is 34.8 Å². The molecule has 214 valence electrons. The summed E-state index contributed by atoms with van der Waals surface area (Å²) in [7, 11) is 3.10. The van der Waals surface area contributed by atoms with E-state index in [0.29, 0.717) is 34.9 Å². The molecule has 1 heterocycles. The molecule has 4 rings (SSSR count). The Morgan fingerprint density at radius 3 is 2.22 bits per heavy atom. The molecule has 3 aromatic rings. The summed E-state index contributed by atoms with van der Waals surface area (Å²) in [5.74, 6) is -0.235. The highest BCUT2D eigenvalue weighted by molar-refractivity contribution is 6.22. The van der Waals surface area contributed by atoms with Crippen molar-refractivity contribution in [1.82, 2.24) is 4.90 Å². The Bertz CT molecular complexity index is 1420. The van der Waals surface area contributed by atoms with Gasteiger partial charge in [0.1, 0.15) is 6.04 Å². The summed E-state index contributed by atoms with van der Waals surface area (Å²) in [4.78, 5) is 54.7. The molecule has 1 aliphatic rings. The molecule has 1 unspecified atom stereocenters. The Morgan fingerprint density at radius 2 is 1.59 bits per heavy atom. The smallest absolute Gasteiger partial charge is 0.338 e. The Balaban J connectivity index is 1.53. The topological polar surface area (TPSA) is 114 Å². The number of anilines is 2. The van der Waals surface area contributed by atoms with Crippen molar-refractivity contribution in [3.05, 3.63) is 83.4 Å². The van der Waals surface area contributed by atoms with E-state index in [1.54, 1.807) is 63.6 Å². The van der Waals surface area contributed by atoms with Crippen LogP contribution in [0.5, 0.6) is 11.5 Å². The zero-order valence-corrected chi connectivity index (χ0v) is 23.5. The molecule has 10 nitrogen and oxygen atoms in total. The number of benzene rings is 3. The molecule has 1 N–H and O–H groups in total. The van der Waals surface area contributed by atoms with E-state index in [4.69, 9.17) is 14.2 Å². The van der Waals surface area contributed by atoms with Crippen LogP contribution >= 0.6 is 0 Å². The summed E-state index contributed by atoms with van der Waals surface area (Å²) < 4.78 is 15.7. The average molecular weight is 560 g/mol. The Kier molecular flexibility index (Phi) is 9.23. The van der Waals surface area contributed by atoms with Crippen LogP contribution in [-0.4, -0.2) is 62.1 Å². The van der Waals surface area contributed by atoms with Crippen LogP contribution in [0, 0.1) is 6.92 Å². The van der Waals surface area contributed by atoms with Gasteiger partial charge in [-0.3, -0.25) is 9.59 Å². The van der Waals surface area contributed by atoms with Crippen molar-refractivity contribution in [2.24, 2.45) is 0 Å². The molecule has 0 aromatic heterocycles.